The number of rotatable bonds is 8. The predicted octanol–water partition coefficient (Wildman–Crippen LogP) is 6.34. The van der Waals surface area contributed by atoms with Crippen LogP contribution in [0.2, 0.25) is 0 Å². The van der Waals surface area contributed by atoms with Crippen LogP contribution in [0.5, 0.6) is 0 Å². The minimum atomic E-state index is -3.26. The number of aryl methyl sites for hydroxylation is 1. The lowest BCUT2D eigenvalue weighted by Gasteiger charge is -2.54. The molecule has 2 bridgehead atoms. The van der Waals surface area contributed by atoms with Crippen LogP contribution in [0.3, 0.4) is 0 Å². The molecular formula is C36H46N4O3S. The highest BCUT2D eigenvalue weighted by Crippen LogP contribution is 2.58. The highest BCUT2D eigenvalue weighted by molar-refractivity contribution is 7.90. The van der Waals surface area contributed by atoms with Crippen LogP contribution in [-0.2, 0) is 27.1 Å². The Morgan fingerprint density at radius 2 is 1.55 bits per heavy atom. The van der Waals surface area contributed by atoms with Crippen molar-refractivity contribution in [1.29, 1.82) is 0 Å². The smallest absolute Gasteiger partial charge is 0.230 e. The molecule has 0 radical (unpaired) electrons. The number of carbonyl (C=O) groups is 1. The molecule has 1 aliphatic heterocycles. The van der Waals surface area contributed by atoms with Gasteiger partial charge < -0.3 is 9.80 Å². The van der Waals surface area contributed by atoms with Gasteiger partial charge in [0.05, 0.1) is 10.6 Å². The summed E-state index contributed by atoms with van der Waals surface area (Å²) in [5.41, 5.74) is 5.98. The molecule has 0 N–H and O–H groups in total. The summed E-state index contributed by atoms with van der Waals surface area (Å²) in [5, 5.41) is 4.92. The SMILES string of the molecule is CN1CCC(C(=O)N(CC23CCC(c4cc(C5CC5)nn4C)(CC2)CC3)c2cccc(-c3ccc(S(C)(=O)=O)cc3)c2)CC1. The topological polar surface area (TPSA) is 75.5 Å². The first-order valence-electron chi connectivity index (χ1n) is 16.5. The van der Waals surface area contributed by atoms with Gasteiger partial charge in [-0.25, -0.2) is 8.42 Å². The van der Waals surface area contributed by atoms with Crippen molar-refractivity contribution in [2.75, 3.05) is 37.8 Å². The number of nitrogens with zero attached hydrogens (tertiary/aromatic N) is 4. The molecule has 1 saturated heterocycles. The van der Waals surface area contributed by atoms with Crippen LogP contribution in [0, 0.1) is 11.3 Å². The largest absolute Gasteiger partial charge is 0.312 e. The van der Waals surface area contributed by atoms with E-state index < -0.39 is 9.84 Å². The fourth-order valence-electron chi connectivity index (χ4n) is 8.30. The number of aromatic nitrogens is 2. The van der Waals surface area contributed by atoms with E-state index in [1.54, 1.807) is 12.1 Å². The number of piperidine rings is 1. The molecule has 7 nitrogen and oxygen atoms in total. The maximum absolute atomic E-state index is 14.4. The molecule has 5 aliphatic rings. The molecule has 4 saturated carbocycles. The number of amides is 1. The molecule has 5 fully saturated rings. The van der Waals surface area contributed by atoms with E-state index in [0.717, 1.165) is 68.6 Å². The molecular weight excluding hydrogens is 568 g/mol. The molecule has 44 heavy (non-hydrogen) atoms. The van der Waals surface area contributed by atoms with Gasteiger partial charge in [-0.05, 0) is 131 Å². The van der Waals surface area contributed by atoms with Crippen LogP contribution in [0.15, 0.2) is 59.5 Å². The zero-order valence-electron chi connectivity index (χ0n) is 26.5. The summed E-state index contributed by atoms with van der Waals surface area (Å²) in [4.78, 5) is 19.2. The predicted molar refractivity (Wildman–Crippen MR) is 175 cm³/mol. The zero-order chi connectivity index (χ0) is 30.7. The van der Waals surface area contributed by atoms with E-state index in [1.165, 1.54) is 49.7 Å². The number of anilines is 1. The second-order valence-electron chi connectivity index (χ2n) is 14.5. The summed E-state index contributed by atoms with van der Waals surface area (Å²) >= 11 is 0. The molecule has 2 heterocycles. The van der Waals surface area contributed by atoms with Crippen molar-refractivity contribution >= 4 is 21.4 Å². The Hall–Kier alpha value is -2.97. The lowest BCUT2D eigenvalue weighted by atomic mass is 9.52. The molecule has 1 amide bonds. The maximum atomic E-state index is 14.4. The van der Waals surface area contributed by atoms with E-state index in [-0.39, 0.29) is 22.7 Å². The highest BCUT2D eigenvalue weighted by Gasteiger charge is 2.52. The molecule has 1 aromatic heterocycles. The van der Waals surface area contributed by atoms with Gasteiger partial charge in [-0.1, -0.05) is 24.3 Å². The summed E-state index contributed by atoms with van der Waals surface area (Å²) in [6.07, 6.45) is 12.5. The number of hydrogen-bond acceptors (Lipinski definition) is 5. The van der Waals surface area contributed by atoms with Crippen LogP contribution >= 0.6 is 0 Å². The first-order chi connectivity index (χ1) is 21.0. The van der Waals surface area contributed by atoms with Gasteiger partial charge in [-0.15, -0.1) is 0 Å². The number of sulfone groups is 1. The minimum Gasteiger partial charge on any atom is -0.312 e. The van der Waals surface area contributed by atoms with Crippen molar-refractivity contribution < 1.29 is 13.2 Å². The Labute approximate surface area is 262 Å². The van der Waals surface area contributed by atoms with Crippen molar-refractivity contribution in [3.63, 3.8) is 0 Å². The van der Waals surface area contributed by atoms with E-state index in [9.17, 15) is 13.2 Å². The molecule has 4 aliphatic carbocycles. The number of likely N-dealkylation sites (tertiary alicyclic amines) is 1. The van der Waals surface area contributed by atoms with Gasteiger partial charge in [0.15, 0.2) is 9.84 Å². The molecule has 3 aromatic rings. The lowest BCUT2D eigenvalue weighted by Crippen LogP contribution is -2.52. The first kappa shape index (κ1) is 29.7. The normalized spacial score (nSPS) is 26.2. The number of benzene rings is 2. The second-order valence-corrected chi connectivity index (χ2v) is 16.5. The van der Waals surface area contributed by atoms with Crippen LogP contribution in [0.1, 0.15) is 81.5 Å². The van der Waals surface area contributed by atoms with Gasteiger partial charge in [0.25, 0.3) is 0 Å². The van der Waals surface area contributed by atoms with Crippen molar-refractivity contribution in [3.05, 3.63) is 66.0 Å². The lowest BCUT2D eigenvalue weighted by molar-refractivity contribution is -0.124. The molecule has 0 unspecified atom stereocenters. The maximum Gasteiger partial charge on any atom is 0.230 e. The third kappa shape index (κ3) is 5.64. The molecule has 0 spiro atoms. The Kier molecular flexibility index (Phi) is 7.52. The number of hydrogen-bond donors (Lipinski definition) is 0. The van der Waals surface area contributed by atoms with Gasteiger partial charge >= 0.3 is 0 Å². The zero-order valence-corrected chi connectivity index (χ0v) is 27.3. The molecule has 2 aromatic carbocycles. The van der Waals surface area contributed by atoms with Gasteiger partial charge in [0.2, 0.25) is 5.91 Å². The standard InChI is InChI=1S/C36H46N4O3S/c1-38-21-13-28(14-22-38)34(41)40(30-6-4-5-29(23-30)26-9-11-31(12-10-26)44(3,42)43)25-35-15-18-36(19-16-35,20-17-35)33-24-32(27-7-8-27)37-39(33)2/h4-6,9-12,23-24,27-28H,7-8,13-22,25H2,1-3H3. The van der Waals surface area contributed by atoms with Gasteiger partial charge in [0, 0.05) is 48.5 Å². The average molecular weight is 615 g/mol. The van der Waals surface area contributed by atoms with Crippen molar-refractivity contribution in [3.8, 4) is 11.1 Å². The van der Waals surface area contributed by atoms with E-state index in [2.05, 4.69) is 52.8 Å². The van der Waals surface area contributed by atoms with Crippen molar-refractivity contribution in [2.45, 2.75) is 80.4 Å². The quantitative estimate of drug-likeness (QED) is 0.296. The molecule has 8 heteroatoms. The van der Waals surface area contributed by atoms with E-state index in [1.807, 2.05) is 18.2 Å². The van der Waals surface area contributed by atoms with Gasteiger partial charge in [-0.2, -0.15) is 5.10 Å². The number of fused-ring (bicyclic) bond motifs is 3. The Morgan fingerprint density at radius 3 is 2.16 bits per heavy atom. The van der Waals surface area contributed by atoms with Crippen LogP contribution in [0.25, 0.3) is 11.1 Å². The summed E-state index contributed by atoms with van der Waals surface area (Å²) in [5.74, 6) is 0.979. The third-order valence-corrected chi connectivity index (χ3v) is 12.6. The molecule has 0 atom stereocenters. The molecule has 8 rings (SSSR count). The van der Waals surface area contributed by atoms with Crippen LogP contribution in [0.4, 0.5) is 5.69 Å². The van der Waals surface area contributed by atoms with Crippen molar-refractivity contribution in [2.24, 2.45) is 18.4 Å². The Balaban J connectivity index is 1.16. The highest BCUT2D eigenvalue weighted by atomic mass is 32.2. The van der Waals surface area contributed by atoms with Crippen LogP contribution < -0.4 is 4.90 Å². The van der Waals surface area contributed by atoms with Gasteiger partial charge in [0.1, 0.15) is 0 Å². The van der Waals surface area contributed by atoms with E-state index >= 15 is 0 Å². The summed E-state index contributed by atoms with van der Waals surface area (Å²) < 4.78 is 26.2. The Bertz CT molecular complexity index is 1620. The summed E-state index contributed by atoms with van der Waals surface area (Å²) in [6.45, 7) is 2.68. The summed E-state index contributed by atoms with van der Waals surface area (Å²) in [6, 6.07) is 17.8. The number of carbonyl (C=O) groups excluding carboxylic acids is 1. The fourth-order valence-corrected chi connectivity index (χ4v) is 8.94. The Morgan fingerprint density at radius 1 is 0.886 bits per heavy atom. The minimum absolute atomic E-state index is 0.0434. The second kappa shape index (κ2) is 11.1. The summed E-state index contributed by atoms with van der Waals surface area (Å²) in [7, 11) is 1.02. The average Bonchev–Trinajstić information content (AvgIpc) is 3.81. The van der Waals surface area contributed by atoms with E-state index in [0.29, 0.717) is 10.8 Å². The first-order valence-corrected chi connectivity index (χ1v) is 18.4. The fraction of sp³-hybridized carbons (Fsp3) is 0.556. The van der Waals surface area contributed by atoms with E-state index in [4.69, 9.17) is 5.10 Å². The van der Waals surface area contributed by atoms with Crippen molar-refractivity contribution in [1.82, 2.24) is 14.7 Å². The molecule has 234 valence electrons. The monoisotopic (exact) mass is 614 g/mol. The van der Waals surface area contributed by atoms with Gasteiger partial charge in [-0.3, -0.25) is 9.48 Å². The van der Waals surface area contributed by atoms with Crippen LogP contribution in [-0.4, -0.2) is 61.9 Å². The third-order valence-electron chi connectivity index (χ3n) is 11.4.